The monoisotopic (exact) mass is 926 g/mol. The Hall–Kier alpha value is -8.39. The number of aliphatic carboxylic acids is 1. The first-order valence-electron chi connectivity index (χ1n) is 22.9. The lowest BCUT2D eigenvalue weighted by Crippen LogP contribution is -2.58. The van der Waals surface area contributed by atoms with Gasteiger partial charge in [0.2, 0.25) is 35.4 Å². The Balaban J connectivity index is 1.24. The van der Waals surface area contributed by atoms with Crippen molar-refractivity contribution in [1.29, 1.82) is 0 Å². The van der Waals surface area contributed by atoms with E-state index >= 15 is 0 Å². The van der Waals surface area contributed by atoms with Crippen LogP contribution < -0.4 is 31.9 Å². The Bertz CT molecular complexity index is 2700. The predicted octanol–water partition coefficient (Wildman–Crippen LogP) is 5.63. The number of hydrogen-bond acceptors (Lipinski definition) is 7. The smallest absolute Gasteiger partial charge is 0.326 e. The van der Waals surface area contributed by atoms with E-state index in [2.05, 4.69) is 31.9 Å². The topological polar surface area (TPSA) is 212 Å². The minimum Gasteiger partial charge on any atom is -0.480 e. The third kappa shape index (κ3) is 14.3. The van der Waals surface area contributed by atoms with Gasteiger partial charge >= 0.3 is 5.97 Å². The van der Waals surface area contributed by atoms with E-state index < -0.39 is 71.6 Å². The lowest BCUT2D eigenvalue weighted by molar-refractivity contribution is -0.142. The molecule has 5 atom stereocenters. The van der Waals surface area contributed by atoms with E-state index in [1.54, 1.807) is 60.7 Å². The van der Waals surface area contributed by atoms with Crippen LogP contribution in [0.3, 0.4) is 0 Å². The number of anilines is 1. The molecule has 0 spiro atoms. The Morgan fingerprint density at radius 1 is 0.507 bits per heavy atom. The molecular weight excluding hydrogens is 873 g/mol. The van der Waals surface area contributed by atoms with E-state index in [0.717, 1.165) is 16.7 Å². The molecule has 0 saturated heterocycles. The summed E-state index contributed by atoms with van der Waals surface area (Å²) in [6, 6.07) is 43.8. The van der Waals surface area contributed by atoms with E-state index in [4.69, 9.17) is 0 Å². The Kier molecular flexibility index (Phi) is 16.8. The zero-order valence-corrected chi connectivity index (χ0v) is 37.8. The number of rotatable bonds is 13. The zero-order chi connectivity index (χ0) is 48.5. The van der Waals surface area contributed by atoms with Crippen LogP contribution in [0.4, 0.5) is 5.69 Å². The molecule has 2 heterocycles. The fourth-order valence-electron chi connectivity index (χ4n) is 8.06. The van der Waals surface area contributed by atoms with Crippen LogP contribution in [0.5, 0.6) is 0 Å². The van der Waals surface area contributed by atoms with Gasteiger partial charge in [0.05, 0.1) is 0 Å². The normalized spacial score (nSPS) is 18.6. The molecule has 6 aromatic carbocycles. The van der Waals surface area contributed by atoms with Gasteiger partial charge in [-0.05, 0) is 63.9 Å². The molecule has 2 aliphatic rings. The molecule has 14 nitrogen and oxygen atoms in total. The number of nitrogens with one attached hydrogen (secondary N) is 6. The highest BCUT2D eigenvalue weighted by Gasteiger charge is 2.34. The number of carboxylic acid groups (broad SMARTS) is 1. The SMILES string of the molecule is O=C1CCC(=O)N[C@H](CCc2ccccc2)C(=O)N[C@@H](Cc2ccc(-c3ccccc3)cc2)C(=O)N[C@H](Cc2ccccc2)C(=O)NC(C(=O)N[C@@H](Cc2ccccc2)C(=O)O)c2ccc(cc2)N1. The van der Waals surface area contributed by atoms with Crippen LogP contribution >= 0.6 is 0 Å². The predicted molar refractivity (Wildman–Crippen MR) is 261 cm³/mol. The summed E-state index contributed by atoms with van der Waals surface area (Å²) >= 11 is 0. The van der Waals surface area contributed by atoms with Crippen LogP contribution in [0, 0.1) is 0 Å². The van der Waals surface area contributed by atoms with Crippen LogP contribution in [0.15, 0.2) is 170 Å². The standard InChI is InChI=1S/C55H54N6O8/c62-48-31-32-49(63)57-44(30-23-36-13-5-1-6-14-36)51(64)58-45(34-39-21-24-41(25-22-39)40-19-11-4-12-20-40)52(65)59-46(33-37-15-7-2-8-16-37)53(66)61-50(42-26-28-43(56-48)29-27-42)54(67)60-47(55(68)69)35-38-17-9-3-10-18-38/h1-22,24-29,44-47,50H,23,30-35H2,(H,56,62)(H,57,63)(H,58,64)(H,59,65)(H,60,67)(H,61,66)(H,68,69)/t44-,45+,46-,47+,50?/m1/s1. The molecule has 14 heteroatoms. The average molecular weight is 927 g/mol. The van der Waals surface area contributed by atoms with Crippen molar-refractivity contribution in [2.45, 2.75) is 75.2 Å². The molecule has 2 bridgehead atoms. The number of benzene rings is 6. The summed E-state index contributed by atoms with van der Waals surface area (Å²) in [6.45, 7) is 0. The van der Waals surface area contributed by atoms with Gasteiger partial charge < -0.3 is 37.0 Å². The lowest BCUT2D eigenvalue weighted by atomic mass is 9.98. The van der Waals surface area contributed by atoms with Gasteiger partial charge in [0.25, 0.3) is 0 Å². The van der Waals surface area contributed by atoms with E-state index in [-0.39, 0.29) is 44.1 Å². The molecule has 0 radical (unpaired) electrons. The summed E-state index contributed by atoms with van der Waals surface area (Å²) in [4.78, 5) is 97.4. The van der Waals surface area contributed by atoms with Gasteiger partial charge in [-0.2, -0.15) is 0 Å². The second-order valence-corrected chi connectivity index (χ2v) is 16.9. The average Bonchev–Trinajstić information content (AvgIpc) is 3.37. The van der Waals surface area contributed by atoms with E-state index in [0.29, 0.717) is 28.8 Å². The van der Waals surface area contributed by atoms with Gasteiger partial charge in [-0.3, -0.25) is 28.8 Å². The summed E-state index contributed by atoms with van der Waals surface area (Å²) in [5.74, 6) is -5.33. The molecular formula is C55H54N6O8. The van der Waals surface area contributed by atoms with Gasteiger partial charge in [-0.25, -0.2) is 4.79 Å². The molecule has 352 valence electrons. The van der Waals surface area contributed by atoms with Crippen molar-refractivity contribution in [1.82, 2.24) is 26.6 Å². The number of carboxylic acids is 1. The summed E-state index contributed by atoms with van der Waals surface area (Å²) in [6.07, 6.45) is -0.00934. The second kappa shape index (κ2) is 23.9. The molecule has 8 rings (SSSR count). The quantitative estimate of drug-likeness (QED) is 0.0721. The molecule has 6 amide bonds. The van der Waals surface area contributed by atoms with Gasteiger partial charge in [0.1, 0.15) is 30.2 Å². The first-order valence-corrected chi connectivity index (χ1v) is 22.9. The van der Waals surface area contributed by atoms with Crippen molar-refractivity contribution in [3.05, 3.63) is 198 Å². The fraction of sp³-hybridized carbons (Fsp3) is 0.218. The molecule has 0 saturated carbocycles. The fourth-order valence-corrected chi connectivity index (χ4v) is 8.06. The van der Waals surface area contributed by atoms with E-state index in [1.807, 2.05) is 84.9 Å². The third-order valence-electron chi connectivity index (χ3n) is 11.8. The van der Waals surface area contributed by atoms with Gasteiger partial charge in [0.15, 0.2) is 0 Å². The molecule has 2 aliphatic heterocycles. The summed E-state index contributed by atoms with van der Waals surface area (Å²) in [7, 11) is 0. The highest BCUT2D eigenvalue weighted by molar-refractivity contribution is 5.98. The second-order valence-electron chi connectivity index (χ2n) is 16.9. The van der Waals surface area contributed by atoms with Crippen molar-refractivity contribution in [3.63, 3.8) is 0 Å². The Labute approximate surface area is 400 Å². The maximum Gasteiger partial charge on any atom is 0.326 e. The molecule has 0 aliphatic carbocycles. The number of aryl methyl sites for hydroxylation is 1. The van der Waals surface area contributed by atoms with Crippen molar-refractivity contribution >= 4 is 47.1 Å². The Morgan fingerprint density at radius 2 is 0.986 bits per heavy atom. The van der Waals surface area contributed by atoms with Crippen LogP contribution in [0.25, 0.3) is 11.1 Å². The lowest BCUT2D eigenvalue weighted by Gasteiger charge is -2.27. The molecule has 6 aromatic rings. The van der Waals surface area contributed by atoms with E-state index in [1.165, 1.54) is 24.3 Å². The highest BCUT2D eigenvalue weighted by Crippen LogP contribution is 2.22. The maximum atomic E-state index is 14.8. The Morgan fingerprint density at radius 3 is 1.57 bits per heavy atom. The summed E-state index contributed by atoms with van der Waals surface area (Å²) in [5, 5.41) is 26.9. The first-order chi connectivity index (χ1) is 33.5. The van der Waals surface area contributed by atoms with Crippen LogP contribution in [0.2, 0.25) is 0 Å². The summed E-state index contributed by atoms with van der Waals surface area (Å²) in [5.41, 5.74) is 5.42. The van der Waals surface area contributed by atoms with Crippen LogP contribution in [0.1, 0.15) is 53.1 Å². The molecule has 0 fully saturated rings. The third-order valence-corrected chi connectivity index (χ3v) is 11.8. The zero-order valence-electron chi connectivity index (χ0n) is 37.8. The first kappa shape index (κ1) is 48.5. The van der Waals surface area contributed by atoms with Crippen molar-refractivity contribution < 1.29 is 38.7 Å². The van der Waals surface area contributed by atoms with E-state index in [9.17, 15) is 38.7 Å². The van der Waals surface area contributed by atoms with Gasteiger partial charge in [-0.1, -0.05) is 158 Å². The maximum absolute atomic E-state index is 14.8. The molecule has 69 heavy (non-hydrogen) atoms. The number of fused-ring (bicyclic) bond motifs is 17. The molecule has 0 aromatic heterocycles. The highest BCUT2D eigenvalue weighted by atomic mass is 16.4. The summed E-state index contributed by atoms with van der Waals surface area (Å²) < 4.78 is 0. The van der Waals surface area contributed by atoms with Crippen molar-refractivity contribution in [2.24, 2.45) is 0 Å². The van der Waals surface area contributed by atoms with Crippen LogP contribution in [-0.2, 0) is 59.2 Å². The number of hydrogen-bond donors (Lipinski definition) is 7. The van der Waals surface area contributed by atoms with Crippen molar-refractivity contribution in [2.75, 3.05) is 5.32 Å². The minimum absolute atomic E-state index is 0.0127. The largest absolute Gasteiger partial charge is 0.480 e. The molecule has 7 N–H and O–H groups in total. The molecule has 1 unspecified atom stereocenters. The van der Waals surface area contributed by atoms with Gasteiger partial charge in [-0.15, -0.1) is 0 Å². The van der Waals surface area contributed by atoms with Crippen molar-refractivity contribution in [3.8, 4) is 11.1 Å². The number of carbonyl (C=O) groups excluding carboxylic acids is 6. The van der Waals surface area contributed by atoms with Crippen LogP contribution in [-0.4, -0.2) is 70.7 Å². The number of carbonyl (C=O) groups is 7. The minimum atomic E-state index is -1.48. The number of amides is 6. The van der Waals surface area contributed by atoms with Gasteiger partial charge in [0, 0.05) is 37.8 Å².